The van der Waals surface area contributed by atoms with Crippen LogP contribution >= 0.6 is 23.4 Å². The van der Waals surface area contributed by atoms with E-state index in [0.717, 1.165) is 12.1 Å². The maximum Gasteiger partial charge on any atom is 0.277 e. The summed E-state index contributed by atoms with van der Waals surface area (Å²) in [6.45, 7) is 2.76. The maximum absolute atomic E-state index is 11.9. The number of anilines is 1. The molecular formula is C15H14ClN5O2S. The van der Waals surface area contributed by atoms with Gasteiger partial charge in [0.2, 0.25) is 5.91 Å². The quantitative estimate of drug-likeness (QED) is 0.676. The van der Waals surface area contributed by atoms with Crippen LogP contribution in [0.4, 0.5) is 5.69 Å². The first-order valence-electron chi connectivity index (χ1n) is 7.18. The molecule has 0 bridgehead atoms. The third-order valence-corrected chi connectivity index (χ3v) is 4.14. The van der Waals surface area contributed by atoms with Gasteiger partial charge in [0, 0.05) is 23.5 Å². The Balaban J connectivity index is 1.55. The van der Waals surface area contributed by atoms with E-state index in [0.29, 0.717) is 21.8 Å². The number of aryl methyl sites for hydroxylation is 1. The minimum Gasteiger partial charge on any atom is -0.411 e. The summed E-state index contributed by atoms with van der Waals surface area (Å²) < 4.78 is 7.30. The van der Waals surface area contributed by atoms with Gasteiger partial charge in [-0.15, -0.1) is 10.2 Å². The molecule has 0 aliphatic rings. The number of carbonyl (C=O) groups excluding carboxylic acids is 1. The van der Waals surface area contributed by atoms with Gasteiger partial charge in [0.1, 0.15) is 0 Å². The molecule has 0 aliphatic heterocycles. The van der Waals surface area contributed by atoms with Crippen LogP contribution in [0.2, 0.25) is 5.02 Å². The van der Waals surface area contributed by atoms with Crippen molar-refractivity contribution in [1.29, 1.82) is 0 Å². The number of benzene rings is 1. The van der Waals surface area contributed by atoms with Crippen molar-refractivity contribution < 1.29 is 9.21 Å². The lowest BCUT2D eigenvalue weighted by atomic mass is 10.3. The van der Waals surface area contributed by atoms with Crippen LogP contribution in [0.1, 0.15) is 6.92 Å². The van der Waals surface area contributed by atoms with Crippen LogP contribution in [-0.4, -0.2) is 31.6 Å². The van der Waals surface area contributed by atoms with Crippen LogP contribution in [0.5, 0.6) is 0 Å². The van der Waals surface area contributed by atoms with Gasteiger partial charge >= 0.3 is 0 Å². The Morgan fingerprint density at radius 1 is 1.33 bits per heavy atom. The molecule has 3 aromatic rings. The minimum absolute atomic E-state index is 0.165. The summed E-state index contributed by atoms with van der Waals surface area (Å²) in [6, 6.07) is 6.90. The SMILES string of the molecule is CCn1cc(-c2nnc(SCC(=O)Nc3ccc(Cl)cc3)o2)cn1. The summed E-state index contributed by atoms with van der Waals surface area (Å²) in [5.41, 5.74) is 1.44. The molecule has 0 spiro atoms. The molecule has 0 fully saturated rings. The number of nitrogens with zero attached hydrogens (tertiary/aromatic N) is 4. The third kappa shape index (κ3) is 4.15. The fourth-order valence-corrected chi connectivity index (χ4v) is 2.58. The number of hydrogen-bond acceptors (Lipinski definition) is 6. The lowest BCUT2D eigenvalue weighted by molar-refractivity contribution is -0.113. The highest BCUT2D eigenvalue weighted by Crippen LogP contribution is 2.23. The zero-order valence-corrected chi connectivity index (χ0v) is 14.3. The average Bonchev–Trinajstić information content (AvgIpc) is 3.24. The molecule has 2 aromatic heterocycles. The smallest absolute Gasteiger partial charge is 0.277 e. The van der Waals surface area contributed by atoms with Crippen LogP contribution in [-0.2, 0) is 11.3 Å². The van der Waals surface area contributed by atoms with Gasteiger partial charge < -0.3 is 9.73 Å². The van der Waals surface area contributed by atoms with Crippen LogP contribution < -0.4 is 5.32 Å². The van der Waals surface area contributed by atoms with Crippen molar-refractivity contribution >= 4 is 35.0 Å². The second kappa shape index (κ2) is 7.50. The second-order valence-electron chi connectivity index (χ2n) is 4.80. The van der Waals surface area contributed by atoms with Crippen molar-refractivity contribution in [2.45, 2.75) is 18.7 Å². The topological polar surface area (TPSA) is 85.8 Å². The molecular weight excluding hydrogens is 350 g/mol. The second-order valence-corrected chi connectivity index (χ2v) is 6.16. The van der Waals surface area contributed by atoms with E-state index in [2.05, 4.69) is 20.6 Å². The van der Waals surface area contributed by atoms with E-state index >= 15 is 0 Å². The first-order chi connectivity index (χ1) is 11.6. The molecule has 24 heavy (non-hydrogen) atoms. The highest BCUT2D eigenvalue weighted by molar-refractivity contribution is 7.99. The number of aromatic nitrogens is 4. The normalized spacial score (nSPS) is 10.8. The Hall–Kier alpha value is -2.32. The molecule has 0 aliphatic carbocycles. The van der Waals surface area contributed by atoms with Crippen LogP contribution in [0, 0.1) is 0 Å². The van der Waals surface area contributed by atoms with E-state index in [1.807, 2.05) is 13.1 Å². The fourth-order valence-electron chi connectivity index (χ4n) is 1.89. The molecule has 1 N–H and O–H groups in total. The predicted octanol–water partition coefficient (Wildman–Crippen LogP) is 3.34. The Bertz CT molecular complexity index is 831. The fraction of sp³-hybridized carbons (Fsp3) is 0.200. The number of thioether (sulfide) groups is 1. The molecule has 1 aromatic carbocycles. The largest absolute Gasteiger partial charge is 0.411 e. The molecule has 9 heteroatoms. The summed E-state index contributed by atoms with van der Waals surface area (Å²) in [7, 11) is 0. The van der Waals surface area contributed by atoms with Crippen molar-refractivity contribution in [1.82, 2.24) is 20.0 Å². The number of halogens is 1. The van der Waals surface area contributed by atoms with E-state index in [-0.39, 0.29) is 11.7 Å². The Morgan fingerprint density at radius 2 is 2.12 bits per heavy atom. The summed E-state index contributed by atoms with van der Waals surface area (Å²) in [6.07, 6.45) is 3.49. The lowest BCUT2D eigenvalue weighted by Gasteiger charge is -2.03. The van der Waals surface area contributed by atoms with Crippen molar-refractivity contribution in [3.05, 3.63) is 41.7 Å². The molecule has 124 valence electrons. The first-order valence-corrected chi connectivity index (χ1v) is 8.55. The number of carbonyl (C=O) groups is 1. The highest BCUT2D eigenvalue weighted by atomic mass is 35.5. The van der Waals surface area contributed by atoms with Gasteiger partial charge in [-0.3, -0.25) is 9.48 Å². The Kier molecular flexibility index (Phi) is 5.17. The third-order valence-electron chi connectivity index (χ3n) is 3.07. The standard InChI is InChI=1S/C15H14ClN5O2S/c1-2-21-8-10(7-17-21)14-19-20-15(23-14)24-9-13(22)18-12-5-3-11(16)4-6-12/h3-8H,2,9H2,1H3,(H,18,22). The summed E-state index contributed by atoms with van der Waals surface area (Å²) in [5.74, 6) is 0.384. The van der Waals surface area contributed by atoms with Crippen molar-refractivity contribution in [2.24, 2.45) is 0 Å². The first kappa shape index (κ1) is 16.5. The summed E-state index contributed by atoms with van der Waals surface area (Å²) >= 11 is 6.98. The van der Waals surface area contributed by atoms with E-state index < -0.39 is 0 Å². The van der Waals surface area contributed by atoms with Crippen molar-refractivity contribution in [2.75, 3.05) is 11.1 Å². The van der Waals surface area contributed by atoms with Gasteiger partial charge in [-0.05, 0) is 31.2 Å². The number of amides is 1. The summed E-state index contributed by atoms with van der Waals surface area (Å²) in [4.78, 5) is 11.9. The molecule has 0 saturated heterocycles. The van der Waals surface area contributed by atoms with Gasteiger partial charge in [0.05, 0.1) is 17.5 Å². The van der Waals surface area contributed by atoms with Crippen LogP contribution in [0.3, 0.4) is 0 Å². The number of hydrogen-bond donors (Lipinski definition) is 1. The summed E-state index contributed by atoms with van der Waals surface area (Å²) in [5, 5.41) is 15.8. The molecule has 7 nitrogen and oxygen atoms in total. The van der Waals surface area contributed by atoms with Crippen molar-refractivity contribution in [3.63, 3.8) is 0 Å². The average molecular weight is 364 g/mol. The minimum atomic E-state index is -0.166. The van der Waals surface area contributed by atoms with Gasteiger partial charge in [-0.25, -0.2) is 0 Å². The zero-order chi connectivity index (χ0) is 16.9. The van der Waals surface area contributed by atoms with E-state index in [4.69, 9.17) is 16.0 Å². The molecule has 0 saturated carbocycles. The number of nitrogens with one attached hydrogen (secondary N) is 1. The highest BCUT2D eigenvalue weighted by Gasteiger charge is 2.12. The lowest BCUT2D eigenvalue weighted by Crippen LogP contribution is -2.13. The van der Waals surface area contributed by atoms with Crippen LogP contribution in [0.25, 0.3) is 11.5 Å². The van der Waals surface area contributed by atoms with E-state index in [1.165, 1.54) is 11.8 Å². The van der Waals surface area contributed by atoms with Gasteiger partial charge in [-0.2, -0.15) is 5.10 Å². The molecule has 0 atom stereocenters. The Morgan fingerprint density at radius 3 is 2.83 bits per heavy atom. The van der Waals surface area contributed by atoms with Gasteiger partial charge in [0.15, 0.2) is 0 Å². The van der Waals surface area contributed by atoms with Crippen LogP contribution in [0.15, 0.2) is 46.3 Å². The van der Waals surface area contributed by atoms with E-state index in [1.54, 1.807) is 35.1 Å². The monoisotopic (exact) mass is 363 g/mol. The van der Waals surface area contributed by atoms with Gasteiger partial charge in [-0.1, -0.05) is 23.4 Å². The maximum atomic E-state index is 11.9. The Labute approximate surface area is 147 Å². The molecule has 0 radical (unpaired) electrons. The molecule has 1 amide bonds. The van der Waals surface area contributed by atoms with E-state index in [9.17, 15) is 4.79 Å². The number of rotatable bonds is 6. The molecule has 0 unspecified atom stereocenters. The zero-order valence-electron chi connectivity index (χ0n) is 12.8. The van der Waals surface area contributed by atoms with Crippen molar-refractivity contribution in [3.8, 4) is 11.5 Å². The molecule has 3 rings (SSSR count). The predicted molar refractivity (Wildman–Crippen MR) is 92.0 cm³/mol. The van der Waals surface area contributed by atoms with Gasteiger partial charge in [0.25, 0.3) is 11.1 Å². The molecule has 2 heterocycles.